The minimum absolute atomic E-state index is 0.0709. The lowest BCUT2D eigenvalue weighted by Gasteiger charge is -2.47. The Morgan fingerprint density at radius 1 is 1.08 bits per heavy atom. The summed E-state index contributed by atoms with van der Waals surface area (Å²) in [5.74, 6) is -1.68. The first-order valence-corrected chi connectivity index (χ1v) is 13.5. The number of anilines is 3. The number of benzene rings is 1. The summed E-state index contributed by atoms with van der Waals surface area (Å²) in [6.07, 6.45) is 0. The van der Waals surface area contributed by atoms with Gasteiger partial charge in [-0.3, -0.25) is 4.79 Å². The molecule has 2 aliphatic heterocycles. The molecule has 0 aliphatic carbocycles. The van der Waals surface area contributed by atoms with E-state index >= 15 is 0 Å². The number of amides is 1. The monoisotopic (exact) mass is 557 g/mol. The van der Waals surface area contributed by atoms with Crippen molar-refractivity contribution in [2.75, 3.05) is 36.0 Å². The number of aromatic nitrogens is 2. The molecule has 0 atom stereocenters. The minimum Gasteiger partial charge on any atom is -0.476 e. The quantitative estimate of drug-likeness (QED) is 0.452. The van der Waals surface area contributed by atoms with Crippen LogP contribution in [0.5, 0.6) is 0 Å². The summed E-state index contributed by atoms with van der Waals surface area (Å²) >= 11 is 7.23. The molecule has 38 heavy (non-hydrogen) atoms. The number of fused-ring (bicyclic) bond motifs is 1. The molecule has 8 nitrogen and oxygen atoms in total. The van der Waals surface area contributed by atoms with Gasteiger partial charge in [0.25, 0.3) is 5.91 Å². The zero-order valence-corrected chi connectivity index (χ0v) is 23.5. The van der Waals surface area contributed by atoms with E-state index in [1.165, 1.54) is 17.4 Å². The normalized spacial score (nSPS) is 18.0. The highest BCUT2D eigenvalue weighted by molar-refractivity contribution is 7.15. The Morgan fingerprint density at radius 3 is 2.45 bits per heavy atom. The first-order valence-electron chi connectivity index (χ1n) is 12.3. The second kappa shape index (κ2) is 9.20. The maximum Gasteiger partial charge on any atom is 0.355 e. The average Bonchev–Trinajstić information content (AvgIpc) is 3.37. The third-order valence-corrected chi connectivity index (χ3v) is 8.54. The number of hydrogen-bond acceptors (Lipinski definition) is 7. The fraction of sp³-hybridized carbons (Fsp3) is 0.407. The highest BCUT2D eigenvalue weighted by atomic mass is 35.5. The number of piperazine rings is 1. The number of halogens is 2. The van der Waals surface area contributed by atoms with Crippen molar-refractivity contribution < 1.29 is 19.1 Å². The van der Waals surface area contributed by atoms with Gasteiger partial charge in [-0.1, -0.05) is 25.4 Å². The summed E-state index contributed by atoms with van der Waals surface area (Å²) in [4.78, 5) is 40.8. The van der Waals surface area contributed by atoms with Crippen molar-refractivity contribution in [3.05, 3.63) is 63.1 Å². The maximum atomic E-state index is 14.2. The lowest BCUT2D eigenvalue weighted by molar-refractivity contribution is 0.0508. The second-order valence-corrected chi connectivity index (χ2v) is 12.6. The van der Waals surface area contributed by atoms with Gasteiger partial charge in [-0.25, -0.2) is 19.2 Å². The summed E-state index contributed by atoms with van der Waals surface area (Å²) in [6, 6.07) is 8.35. The number of carbonyl (C=O) groups is 2. The number of carboxylic acid groups (broad SMARTS) is 1. The number of carbonyl (C=O) groups excluding carboxylic acids is 1. The summed E-state index contributed by atoms with van der Waals surface area (Å²) in [5, 5.41) is 10.1. The van der Waals surface area contributed by atoms with Gasteiger partial charge in [-0.15, -0.1) is 11.3 Å². The minimum atomic E-state index is -1.04. The van der Waals surface area contributed by atoms with Crippen LogP contribution in [0.1, 0.15) is 59.2 Å². The largest absolute Gasteiger partial charge is 0.476 e. The van der Waals surface area contributed by atoms with E-state index in [1.54, 1.807) is 25.1 Å². The average molecular weight is 558 g/mol. The molecule has 0 saturated carbocycles. The van der Waals surface area contributed by atoms with Crippen LogP contribution in [-0.4, -0.2) is 63.6 Å². The molecule has 0 bridgehead atoms. The molecule has 1 fully saturated rings. The van der Waals surface area contributed by atoms with Crippen LogP contribution >= 0.6 is 22.9 Å². The SMILES string of the molecule is Cc1sc(N2CCN(C(=O)c3ccc4c(n3)C(C)(C)CN4c3ccc(Cl)c(F)c3)C(C)(C)C2)nc1C(=O)O. The fourth-order valence-corrected chi connectivity index (χ4v) is 6.32. The van der Waals surface area contributed by atoms with E-state index in [0.717, 1.165) is 11.4 Å². The molecule has 3 aromatic rings. The lowest BCUT2D eigenvalue weighted by atomic mass is 9.91. The molecule has 0 radical (unpaired) electrons. The standard InChI is InChI=1S/C27H29ClFN5O3S/c1-15-21(24(36)37)31-25(38-15)32-10-11-34(27(4,5)14-32)23(35)19-8-9-20-22(30-19)26(2,3)13-33(20)16-6-7-17(28)18(29)12-16/h6-9,12H,10-11,13-14H2,1-5H3,(H,36,37). The highest BCUT2D eigenvalue weighted by Gasteiger charge is 2.41. The fourth-order valence-electron chi connectivity index (χ4n) is 5.27. The molecule has 1 saturated heterocycles. The zero-order chi connectivity index (χ0) is 27.6. The van der Waals surface area contributed by atoms with Crippen molar-refractivity contribution in [2.24, 2.45) is 0 Å². The predicted molar refractivity (Wildman–Crippen MR) is 147 cm³/mol. The van der Waals surface area contributed by atoms with Crippen LogP contribution < -0.4 is 9.80 Å². The van der Waals surface area contributed by atoms with Crippen molar-refractivity contribution in [3.63, 3.8) is 0 Å². The van der Waals surface area contributed by atoms with Crippen molar-refractivity contribution in [1.29, 1.82) is 0 Å². The van der Waals surface area contributed by atoms with Crippen molar-refractivity contribution in [1.82, 2.24) is 14.9 Å². The Labute approximate surface area is 229 Å². The van der Waals surface area contributed by atoms with Gasteiger partial charge in [0.05, 0.1) is 21.9 Å². The van der Waals surface area contributed by atoms with Crippen molar-refractivity contribution in [3.8, 4) is 0 Å². The van der Waals surface area contributed by atoms with Crippen molar-refractivity contribution >= 4 is 51.3 Å². The van der Waals surface area contributed by atoms with Crippen molar-refractivity contribution in [2.45, 2.75) is 45.6 Å². The Balaban J connectivity index is 1.39. The summed E-state index contributed by atoms with van der Waals surface area (Å²) in [7, 11) is 0. The Hall–Kier alpha value is -3.24. The molecule has 1 aromatic carbocycles. The summed E-state index contributed by atoms with van der Waals surface area (Å²) in [5.41, 5.74) is 1.84. The summed E-state index contributed by atoms with van der Waals surface area (Å²) < 4.78 is 14.2. The molecule has 4 heterocycles. The molecule has 0 spiro atoms. The zero-order valence-electron chi connectivity index (χ0n) is 21.9. The number of nitrogens with zero attached hydrogens (tertiary/aromatic N) is 5. The first kappa shape index (κ1) is 26.4. The third kappa shape index (κ3) is 4.49. The number of aromatic carboxylic acids is 1. The van der Waals surface area contributed by atoms with Crippen LogP contribution in [0, 0.1) is 12.7 Å². The Bertz CT molecular complexity index is 1460. The molecule has 2 aliphatic rings. The highest BCUT2D eigenvalue weighted by Crippen LogP contribution is 2.44. The van der Waals surface area contributed by atoms with Crippen LogP contribution in [0.4, 0.5) is 20.9 Å². The summed E-state index contributed by atoms with van der Waals surface area (Å²) in [6.45, 7) is 11.9. The molecule has 11 heteroatoms. The smallest absolute Gasteiger partial charge is 0.355 e. The number of pyridine rings is 1. The molecule has 200 valence electrons. The first-order chi connectivity index (χ1) is 17.8. The van der Waals surface area contributed by atoms with Gasteiger partial charge in [-0.2, -0.15) is 0 Å². The number of rotatable bonds is 4. The van der Waals surface area contributed by atoms with Crippen LogP contribution in [-0.2, 0) is 5.41 Å². The lowest BCUT2D eigenvalue weighted by Crippen LogP contribution is -2.61. The van der Waals surface area contributed by atoms with Gasteiger partial charge in [-0.05, 0) is 51.1 Å². The van der Waals surface area contributed by atoms with E-state index in [1.807, 2.05) is 34.6 Å². The third-order valence-electron chi connectivity index (χ3n) is 7.20. The van der Waals surface area contributed by atoms with Crippen LogP contribution in [0.2, 0.25) is 5.02 Å². The van der Waals surface area contributed by atoms with Gasteiger partial charge in [0.2, 0.25) is 0 Å². The van der Waals surface area contributed by atoms with Gasteiger partial charge in [0.1, 0.15) is 11.5 Å². The number of aryl methyl sites for hydroxylation is 1. The van der Waals surface area contributed by atoms with E-state index in [9.17, 15) is 19.1 Å². The van der Waals surface area contributed by atoms with Crippen LogP contribution in [0.3, 0.4) is 0 Å². The van der Waals surface area contributed by atoms with E-state index in [4.69, 9.17) is 16.6 Å². The number of carboxylic acids is 1. The van der Waals surface area contributed by atoms with Gasteiger partial charge in [0.15, 0.2) is 10.8 Å². The second-order valence-electron chi connectivity index (χ2n) is 11.0. The molecule has 1 amide bonds. The van der Waals surface area contributed by atoms with Crippen LogP contribution in [0.15, 0.2) is 30.3 Å². The van der Waals surface area contributed by atoms with E-state index in [-0.39, 0.29) is 22.0 Å². The number of thiazole rings is 1. The van der Waals surface area contributed by atoms with Gasteiger partial charge >= 0.3 is 5.97 Å². The molecular formula is C27H29ClFN5O3S. The number of hydrogen-bond donors (Lipinski definition) is 1. The predicted octanol–water partition coefficient (Wildman–Crippen LogP) is 5.51. The Morgan fingerprint density at radius 2 is 1.82 bits per heavy atom. The maximum absolute atomic E-state index is 14.2. The Kier molecular flexibility index (Phi) is 6.38. The molecule has 5 rings (SSSR count). The molecular weight excluding hydrogens is 529 g/mol. The van der Waals surface area contributed by atoms with Gasteiger partial charge in [0, 0.05) is 42.2 Å². The topological polar surface area (TPSA) is 89.9 Å². The van der Waals surface area contributed by atoms with E-state index in [2.05, 4.69) is 18.8 Å². The van der Waals surface area contributed by atoms with E-state index in [0.29, 0.717) is 47.6 Å². The van der Waals surface area contributed by atoms with E-state index < -0.39 is 17.3 Å². The molecule has 1 N–H and O–H groups in total. The van der Waals surface area contributed by atoms with Crippen LogP contribution in [0.25, 0.3) is 0 Å². The van der Waals surface area contributed by atoms with Gasteiger partial charge < -0.3 is 19.8 Å². The molecule has 2 aromatic heterocycles. The molecule has 0 unspecified atom stereocenters.